The molecule has 0 N–H and O–H groups in total. The molecule has 0 aliphatic heterocycles. The Labute approximate surface area is 236 Å². The van der Waals surface area contributed by atoms with Crippen molar-refractivity contribution >= 4 is 12.3 Å². The first-order valence-corrected chi connectivity index (χ1v) is 15.9. The third-order valence-corrected chi connectivity index (χ3v) is 11.4. The van der Waals surface area contributed by atoms with Crippen molar-refractivity contribution in [2.45, 2.75) is 125 Å². The minimum Gasteiger partial charge on any atom is -0.435 e. The number of carbonyl (C=O) groups is 2. The summed E-state index contributed by atoms with van der Waals surface area (Å²) in [4.78, 5) is 24.8. The molecular formula is C33H54O6. The molecule has 0 amide bonds. The van der Waals surface area contributed by atoms with Crippen molar-refractivity contribution in [3.05, 3.63) is 11.6 Å². The second-order valence-corrected chi connectivity index (χ2v) is 13.8. The lowest BCUT2D eigenvalue weighted by Crippen LogP contribution is -2.57. The van der Waals surface area contributed by atoms with Crippen molar-refractivity contribution in [1.82, 2.24) is 0 Å². The molecule has 0 aromatic rings. The molecule has 39 heavy (non-hydrogen) atoms. The van der Waals surface area contributed by atoms with Crippen molar-refractivity contribution in [3.63, 3.8) is 0 Å². The Bertz CT molecular complexity index is 897. The molecule has 0 radical (unpaired) electrons. The lowest BCUT2D eigenvalue weighted by Gasteiger charge is -2.60. The highest BCUT2D eigenvalue weighted by atomic mass is 16.7. The first-order chi connectivity index (χ1) is 18.5. The smallest absolute Gasteiger partial charge is 0.435 e. The summed E-state index contributed by atoms with van der Waals surface area (Å²) in [5.41, 5.74) is 1.40. The molecule has 222 valence electrons. The van der Waals surface area contributed by atoms with Gasteiger partial charge in [0.2, 0.25) is 0 Å². The van der Waals surface area contributed by atoms with Gasteiger partial charge < -0.3 is 18.9 Å². The molecule has 3 saturated carbocycles. The maximum absolute atomic E-state index is 12.6. The van der Waals surface area contributed by atoms with E-state index in [1.54, 1.807) is 13.8 Å². The van der Waals surface area contributed by atoms with Crippen LogP contribution >= 0.6 is 0 Å². The fraction of sp³-hybridized carbons (Fsp3) is 0.879. The van der Waals surface area contributed by atoms with Crippen LogP contribution in [-0.4, -0.2) is 37.7 Å². The van der Waals surface area contributed by atoms with Gasteiger partial charge in [-0.25, -0.2) is 9.59 Å². The van der Waals surface area contributed by atoms with Gasteiger partial charge in [0.1, 0.15) is 12.2 Å². The Morgan fingerprint density at radius 3 is 2.31 bits per heavy atom. The standard InChI is InChI=1S/C33H54O6/c1-8-36-30(34)38-24-19-23-13-14-25-27-16-15-26(22(5)12-10-11-21(3)4)32(27,6)18-17-28(25)33(23,7)29(20-24)39-31(35)37-9-2/h13,21-22,24-29H,8-12,14-20H2,1-7H3/t22-,24-,25+,26-,27+,28+,29+,32-,33+/m1/s1. The Morgan fingerprint density at radius 2 is 1.64 bits per heavy atom. The molecule has 6 nitrogen and oxygen atoms in total. The van der Waals surface area contributed by atoms with Gasteiger partial charge in [-0.15, -0.1) is 0 Å². The molecule has 4 aliphatic rings. The highest BCUT2D eigenvalue weighted by molar-refractivity contribution is 5.61. The molecule has 0 spiro atoms. The van der Waals surface area contributed by atoms with Gasteiger partial charge in [-0.2, -0.15) is 0 Å². The number of rotatable bonds is 9. The van der Waals surface area contributed by atoms with E-state index in [0.29, 0.717) is 36.0 Å². The summed E-state index contributed by atoms with van der Waals surface area (Å²) in [7, 11) is 0. The summed E-state index contributed by atoms with van der Waals surface area (Å²) in [5, 5.41) is 0. The number of fused-ring (bicyclic) bond motifs is 5. The second-order valence-electron chi connectivity index (χ2n) is 13.8. The molecule has 4 rings (SSSR count). The zero-order chi connectivity index (χ0) is 28.4. The lowest BCUT2D eigenvalue weighted by atomic mass is 9.46. The normalized spacial score (nSPS) is 38.1. The third-order valence-electron chi connectivity index (χ3n) is 11.4. The van der Waals surface area contributed by atoms with E-state index in [0.717, 1.165) is 30.6 Å². The fourth-order valence-electron chi connectivity index (χ4n) is 9.50. The Hall–Kier alpha value is -1.72. The monoisotopic (exact) mass is 546 g/mol. The highest BCUT2D eigenvalue weighted by Crippen LogP contribution is 2.67. The zero-order valence-electron chi connectivity index (χ0n) is 25.6. The van der Waals surface area contributed by atoms with E-state index >= 15 is 0 Å². The van der Waals surface area contributed by atoms with Crippen LogP contribution in [0.15, 0.2) is 11.6 Å². The number of ether oxygens (including phenoxy) is 4. The summed E-state index contributed by atoms with van der Waals surface area (Å²) >= 11 is 0. The lowest BCUT2D eigenvalue weighted by molar-refractivity contribution is -0.122. The van der Waals surface area contributed by atoms with E-state index in [9.17, 15) is 9.59 Å². The Kier molecular flexibility index (Phi) is 9.64. The van der Waals surface area contributed by atoms with Crippen LogP contribution in [-0.2, 0) is 18.9 Å². The van der Waals surface area contributed by atoms with Crippen molar-refractivity contribution in [1.29, 1.82) is 0 Å². The molecule has 0 aromatic heterocycles. The van der Waals surface area contributed by atoms with E-state index < -0.39 is 12.3 Å². The van der Waals surface area contributed by atoms with E-state index in [1.165, 1.54) is 44.1 Å². The number of allylic oxidation sites excluding steroid dienone is 1. The minimum atomic E-state index is -0.650. The van der Waals surface area contributed by atoms with Crippen LogP contribution in [0.5, 0.6) is 0 Å². The Balaban J connectivity index is 1.56. The number of hydrogen-bond donors (Lipinski definition) is 0. The van der Waals surface area contributed by atoms with Gasteiger partial charge >= 0.3 is 12.3 Å². The van der Waals surface area contributed by atoms with Crippen LogP contribution in [0.3, 0.4) is 0 Å². The fourth-order valence-corrected chi connectivity index (χ4v) is 9.50. The largest absolute Gasteiger partial charge is 0.508 e. The second kappa shape index (κ2) is 12.4. The Morgan fingerprint density at radius 1 is 0.949 bits per heavy atom. The van der Waals surface area contributed by atoms with Crippen LogP contribution < -0.4 is 0 Å². The highest BCUT2D eigenvalue weighted by Gasteiger charge is 2.62. The summed E-state index contributed by atoms with van der Waals surface area (Å²) in [5.74, 6) is 4.12. The van der Waals surface area contributed by atoms with Crippen LogP contribution in [0, 0.1) is 46.3 Å². The third kappa shape index (κ3) is 6.00. The molecule has 9 atom stereocenters. The molecular weight excluding hydrogens is 492 g/mol. The minimum absolute atomic E-state index is 0.271. The van der Waals surface area contributed by atoms with Gasteiger partial charge in [-0.3, -0.25) is 0 Å². The van der Waals surface area contributed by atoms with Gasteiger partial charge in [0.25, 0.3) is 0 Å². The molecule has 0 heterocycles. The summed E-state index contributed by atoms with van der Waals surface area (Å²) in [6.45, 7) is 16.2. The van der Waals surface area contributed by atoms with Gasteiger partial charge in [0.15, 0.2) is 0 Å². The molecule has 4 aliphatic carbocycles. The molecule has 0 aromatic carbocycles. The molecule has 6 heteroatoms. The van der Waals surface area contributed by atoms with E-state index in [-0.39, 0.29) is 30.8 Å². The van der Waals surface area contributed by atoms with Crippen LogP contribution in [0.2, 0.25) is 0 Å². The average molecular weight is 547 g/mol. The average Bonchev–Trinajstić information content (AvgIpc) is 3.22. The van der Waals surface area contributed by atoms with Gasteiger partial charge in [0, 0.05) is 18.3 Å². The topological polar surface area (TPSA) is 71.1 Å². The number of carbonyl (C=O) groups excluding carboxylic acids is 2. The van der Waals surface area contributed by atoms with Crippen molar-refractivity contribution in [2.24, 2.45) is 46.3 Å². The molecule has 0 bridgehead atoms. The predicted molar refractivity (Wildman–Crippen MR) is 152 cm³/mol. The van der Waals surface area contributed by atoms with Crippen LogP contribution in [0.1, 0.15) is 113 Å². The van der Waals surface area contributed by atoms with Crippen LogP contribution in [0.25, 0.3) is 0 Å². The first kappa shape index (κ1) is 30.2. The van der Waals surface area contributed by atoms with Gasteiger partial charge in [-0.1, -0.05) is 65.5 Å². The van der Waals surface area contributed by atoms with E-state index in [2.05, 4.69) is 40.7 Å². The maximum Gasteiger partial charge on any atom is 0.508 e. The summed E-state index contributed by atoms with van der Waals surface area (Å²) in [6, 6.07) is 0. The molecule has 0 unspecified atom stereocenters. The predicted octanol–water partition coefficient (Wildman–Crippen LogP) is 8.72. The molecule has 0 saturated heterocycles. The van der Waals surface area contributed by atoms with E-state index in [1.807, 2.05) is 0 Å². The van der Waals surface area contributed by atoms with E-state index in [4.69, 9.17) is 18.9 Å². The maximum atomic E-state index is 12.6. The SMILES string of the molecule is CCOC(=O)O[C@@H]1CC2=CC[C@H]3[C@@H]4CC[C@H]([C@H](C)CCCC(C)C)[C@@]4(C)CC[C@@H]3[C@@]2(C)[C@@H](OC(=O)OCC)C1. The van der Waals surface area contributed by atoms with Crippen molar-refractivity contribution in [2.75, 3.05) is 13.2 Å². The first-order valence-electron chi connectivity index (χ1n) is 15.9. The van der Waals surface area contributed by atoms with Gasteiger partial charge in [-0.05, 0) is 86.9 Å². The number of hydrogen-bond acceptors (Lipinski definition) is 6. The quantitative estimate of drug-likeness (QED) is 0.213. The molecule has 3 fully saturated rings. The summed E-state index contributed by atoms with van der Waals surface area (Å²) in [6.07, 6.45) is 11.7. The van der Waals surface area contributed by atoms with Crippen LogP contribution in [0.4, 0.5) is 9.59 Å². The van der Waals surface area contributed by atoms with Crippen molar-refractivity contribution in [3.8, 4) is 0 Å². The van der Waals surface area contributed by atoms with Gasteiger partial charge in [0.05, 0.1) is 13.2 Å². The summed E-state index contributed by atoms with van der Waals surface area (Å²) < 4.78 is 22.0. The zero-order valence-corrected chi connectivity index (χ0v) is 25.6. The van der Waals surface area contributed by atoms with Crippen molar-refractivity contribution < 1.29 is 28.5 Å².